The number of hydrogen-bond donors (Lipinski definition) is 3. The van der Waals surface area contributed by atoms with Gasteiger partial charge in [0.25, 0.3) is 11.8 Å². The van der Waals surface area contributed by atoms with Gasteiger partial charge in [-0.1, -0.05) is 25.1 Å². The lowest BCUT2D eigenvalue weighted by Crippen LogP contribution is -3.28. The number of carbonyl (C=O) groups is 2. The second-order valence-corrected chi connectivity index (χ2v) is 9.14. The minimum absolute atomic E-state index is 0.0709. The summed E-state index contributed by atoms with van der Waals surface area (Å²) in [4.78, 5) is 30.2. The molecule has 0 aromatic heterocycles. The lowest BCUT2D eigenvalue weighted by atomic mass is 10.0. The van der Waals surface area contributed by atoms with Crippen molar-refractivity contribution in [2.45, 2.75) is 52.9 Å². The van der Waals surface area contributed by atoms with Crippen molar-refractivity contribution in [1.82, 2.24) is 4.90 Å². The van der Waals surface area contributed by atoms with Crippen molar-refractivity contribution in [2.24, 2.45) is 0 Å². The van der Waals surface area contributed by atoms with Crippen LogP contribution in [0.1, 0.15) is 50.2 Å². The molecule has 6 nitrogen and oxygen atoms in total. The fraction of sp³-hybridized carbons (Fsp3) is 0.600. The summed E-state index contributed by atoms with van der Waals surface area (Å²) in [7, 11) is 0. The Balaban J connectivity index is 1.45. The van der Waals surface area contributed by atoms with Crippen LogP contribution in [0.15, 0.2) is 30.0 Å². The van der Waals surface area contributed by atoms with Gasteiger partial charge in [0.15, 0.2) is 13.1 Å². The Morgan fingerprint density at radius 2 is 1.74 bits per heavy atom. The summed E-state index contributed by atoms with van der Waals surface area (Å²) in [6, 6.07) is 6.01. The predicted octanol–water partition coefficient (Wildman–Crippen LogP) is 0.722. The van der Waals surface area contributed by atoms with Crippen LogP contribution in [0.3, 0.4) is 0 Å². The van der Waals surface area contributed by atoms with E-state index in [0.29, 0.717) is 13.1 Å². The van der Waals surface area contributed by atoms with Crippen LogP contribution in [0.2, 0.25) is 0 Å². The number of carbonyl (C=O) groups excluding carboxylic acids is 2. The quantitative estimate of drug-likeness (QED) is 0.572. The molecule has 3 rings (SSSR count). The Hall–Kier alpha value is -2.18. The number of allylic oxidation sites excluding steroid dienone is 2. The zero-order valence-corrected chi connectivity index (χ0v) is 19.6. The van der Waals surface area contributed by atoms with E-state index in [0.717, 1.165) is 63.2 Å². The number of piperazine rings is 1. The number of aryl methyl sites for hydroxylation is 1. The number of benzene rings is 1. The van der Waals surface area contributed by atoms with Gasteiger partial charge in [0.2, 0.25) is 0 Å². The van der Waals surface area contributed by atoms with E-state index in [1.54, 1.807) is 0 Å². The molecule has 2 amide bonds. The summed E-state index contributed by atoms with van der Waals surface area (Å²) in [5, 5.41) is 3.07. The number of anilines is 1. The summed E-state index contributed by atoms with van der Waals surface area (Å²) in [6.07, 6.45) is 7.83. The van der Waals surface area contributed by atoms with Crippen molar-refractivity contribution in [3.8, 4) is 0 Å². The highest BCUT2D eigenvalue weighted by atomic mass is 16.2. The van der Waals surface area contributed by atoms with Crippen molar-refractivity contribution >= 4 is 17.5 Å². The topological polar surface area (TPSA) is 58.3 Å². The average Bonchev–Trinajstić information content (AvgIpc) is 2.77. The summed E-state index contributed by atoms with van der Waals surface area (Å²) in [5.74, 6) is 0.336. The highest BCUT2D eigenvalue weighted by Crippen LogP contribution is 2.21. The lowest BCUT2D eigenvalue weighted by Gasteiger charge is -2.32. The van der Waals surface area contributed by atoms with Gasteiger partial charge in [-0.15, -0.1) is 0 Å². The van der Waals surface area contributed by atoms with E-state index in [1.165, 1.54) is 33.9 Å². The third kappa shape index (κ3) is 6.65. The van der Waals surface area contributed by atoms with Gasteiger partial charge in [-0.2, -0.15) is 0 Å². The molecule has 31 heavy (non-hydrogen) atoms. The zero-order chi connectivity index (χ0) is 22.2. The highest BCUT2D eigenvalue weighted by Gasteiger charge is 2.29. The Kier molecular flexibility index (Phi) is 8.67. The molecule has 6 heteroatoms. The van der Waals surface area contributed by atoms with Crippen LogP contribution < -0.4 is 15.1 Å². The van der Waals surface area contributed by atoms with Gasteiger partial charge in [0.1, 0.15) is 26.2 Å². The first-order valence-corrected chi connectivity index (χ1v) is 12.0. The zero-order valence-electron chi connectivity index (χ0n) is 19.6. The number of nitrogens with one attached hydrogen (secondary N) is 3. The lowest BCUT2D eigenvalue weighted by molar-refractivity contribution is -1.00. The van der Waals surface area contributed by atoms with Crippen molar-refractivity contribution < 1.29 is 19.4 Å². The first kappa shape index (κ1) is 23.5. The monoisotopic (exact) mass is 428 g/mol. The number of nitrogens with zero attached hydrogens (tertiary/aromatic N) is 1. The number of hydrogen-bond acceptors (Lipinski definition) is 2. The number of quaternary nitrogens is 2. The van der Waals surface area contributed by atoms with Crippen LogP contribution in [-0.4, -0.2) is 62.5 Å². The minimum Gasteiger partial charge on any atom is -0.321 e. The van der Waals surface area contributed by atoms with Crippen LogP contribution in [-0.2, 0) is 9.59 Å². The third-order valence-electron chi connectivity index (χ3n) is 6.72. The normalized spacial score (nSPS) is 21.3. The maximum Gasteiger partial charge on any atom is 0.281 e. The minimum atomic E-state index is 0.0709. The van der Waals surface area contributed by atoms with Crippen molar-refractivity contribution in [2.75, 3.05) is 51.1 Å². The first-order chi connectivity index (χ1) is 15.0. The van der Waals surface area contributed by atoms with Gasteiger partial charge >= 0.3 is 0 Å². The van der Waals surface area contributed by atoms with E-state index in [2.05, 4.69) is 31.3 Å². The largest absolute Gasteiger partial charge is 0.321 e. The summed E-state index contributed by atoms with van der Waals surface area (Å²) in [5.41, 5.74) is 4.47. The van der Waals surface area contributed by atoms with Gasteiger partial charge in [0.05, 0.1) is 0 Å². The third-order valence-corrected chi connectivity index (χ3v) is 6.72. The van der Waals surface area contributed by atoms with Gasteiger partial charge in [-0.05, 0) is 63.1 Å². The predicted molar refractivity (Wildman–Crippen MR) is 124 cm³/mol. The molecule has 1 aliphatic heterocycles. The molecule has 1 aromatic rings. The van der Waals surface area contributed by atoms with Crippen LogP contribution in [0, 0.1) is 13.8 Å². The number of rotatable bonds is 8. The molecule has 170 valence electrons. The molecule has 0 saturated carbocycles. The fourth-order valence-corrected chi connectivity index (χ4v) is 4.65. The van der Waals surface area contributed by atoms with Gasteiger partial charge in [0, 0.05) is 17.9 Å². The molecule has 2 aliphatic rings. The Labute approximate surface area is 187 Å². The molecule has 0 atom stereocenters. The Morgan fingerprint density at radius 1 is 1.03 bits per heavy atom. The van der Waals surface area contributed by atoms with Crippen LogP contribution in [0.25, 0.3) is 0 Å². The van der Waals surface area contributed by atoms with E-state index >= 15 is 0 Å². The van der Waals surface area contributed by atoms with Crippen molar-refractivity contribution in [3.05, 3.63) is 41.1 Å². The van der Waals surface area contributed by atoms with Gasteiger partial charge in [-0.25, -0.2) is 0 Å². The van der Waals surface area contributed by atoms with Gasteiger partial charge in [-0.3, -0.25) is 9.59 Å². The molecule has 0 spiro atoms. The molecule has 3 N–H and O–H groups in total. The van der Waals surface area contributed by atoms with E-state index in [1.807, 2.05) is 24.0 Å². The van der Waals surface area contributed by atoms with Crippen LogP contribution in [0.5, 0.6) is 0 Å². The van der Waals surface area contributed by atoms with Gasteiger partial charge < -0.3 is 20.0 Å². The second kappa shape index (κ2) is 11.4. The van der Waals surface area contributed by atoms with E-state index < -0.39 is 0 Å². The van der Waals surface area contributed by atoms with E-state index in [-0.39, 0.29) is 11.8 Å². The summed E-state index contributed by atoms with van der Waals surface area (Å²) < 4.78 is 0. The van der Waals surface area contributed by atoms with E-state index in [4.69, 9.17) is 0 Å². The molecule has 1 saturated heterocycles. The smallest absolute Gasteiger partial charge is 0.281 e. The summed E-state index contributed by atoms with van der Waals surface area (Å²) >= 11 is 0. The van der Waals surface area contributed by atoms with Crippen LogP contribution in [0.4, 0.5) is 5.69 Å². The molecule has 1 aliphatic carbocycles. The van der Waals surface area contributed by atoms with E-state index in [9.17, 15) is 9.59 Å². The molecule has 1 aromatic carbocycles. The van der Waals surface area contributed by atoms with Crippen molar-refractivity contribution in [1.29, 1.82) is 0 Å². The number of amides is 2. The second-order valence-electron chi connectivity index (χ2n) is 9.14. The first-order valence-electron chi connectivity index (χ1n) is 12.0. The average molecular weight is 429 g/mol. The molecule has 0 radical (unpaired) electrons. The van der Waals surface area contributed by atoms with Crippen molar-refractivity contribution in [3.63, 3.8) is 0 Å². The maximum absolute atomic E-state index is 13.0. The highest BCUT2D eigenvalue weighted by molar-refractivity contribution is 5.92. The molecule has 0 bridgehead atoms. The fourth-order valence-electron chi connectivity index (χ4n) is 4.65. The molecular weight excluding hydrogens is 388 g/mol. The standard InChI is InChI=1S/C25H38N4O2/c1-4-13-29(22-10-6-5-7-11-22)25(31)19-28-16-14-27(15-17-28)18-24(30)26-23-12-8-9-20(2)21(23)3/h8-10,12H,4-7,11,13-19H2,1-3H3,(H,26,30)/p+2. The molecule has 1 fully saturated rings. The maximum atomic E-state index is 13.0. The molecule has 1 heterocycles. The Bertz CT molecular complexity index is 797. The molecule has 0 unspecified atom stereocenters. The SMILES string of the molecule is CCCN(C(=O)C[NH+]1CC[NH+](CC(=O)Nc2cccc(C)c2C)CC1)C1=CCCCC1. The van der Waals surface area contributed by atoms with Crippen LogP contribution >= 0.6 is 0 Å². The Morgan fingerprint density at radius 3 is 2.39 bits per heavy atom. The summed E-state index contributed by atoms with van der Waals surface area (Å²) in [6.45, 7) is 11.9. The molecular formula is C25H40N4O2+2.